The first-order valence-electron chi connectivity index (χ1n) is 20.2. The summed E-state index contributed by atoms with van der Waals surface area (Å²) in [5, 5.41) is 0. The van der Waals surface area contributed by atoms with Gasteiger partial charge in [0.1, 0.15) is 5.75 Å². The van der Waals surface area contributed by atoms with E-state index in [1.807, 2.05) is 24.4 Å². The van der Waals surface area contributed by atoms with Gasteiger partial charge in [-0.1, -0.05) is 154 Å². The molecule has 3 aromatic carbocycles. The summed E-state index contributed by atoms with van der Waals surface area (Å²) in [7, 11) is 0. The van der Waals surface area contributed by atoms with Crippen LogP contribution in [0.5, 0.6) is 5.75 Å². The molecule has 4 rings (SSSR count). The van der Waals surface area contributed by atoms with E-state index in [0.29, 0.717) is 6.42 Å². The molecule has 0 amide bonds. The number of carbonyl (C=O) groups excluding carboxylic acids is 1. The summed E-state index contributed by atoms with van der Waals surface area (Å²) < 4.78 is 5.93. The molecule has 3 nitrogen and oxygen atoms in total. The molecule has 0 atom stereocenters. The third kappa shape index (κ3) is 14.3. The number of unbranched alkanes of at least 4 members (excludes halogenated alkanes) is 19. The smallest absolute Gasteiger partial charge is 0.162 e. The Morgan fingerprint density at radius 1 is 0.592 bits per heavy atom. The topological polar surface area (TPSA) is 38.7 Å². The van der Waals surface area contributed by atoms with Gasteiger partial charge in [0, 0.05) is 18.2 Å². The number of fused-ring (bicyclic) bond motifs is 3. The van der Waals surface area contributed by atoms with Crippen molar-refractivity contribution >= 4 is 17.7 Å². The Kier molecular flexibility index (Phi) is 18.3. The molecule has 0 fully saturated rings. The molecule has 266 valence electrons. The SMILES string of the molecule is CCCCCCCCCCCCCCCCCC(=O)c1ccc2c(c1)Cc1cc(N=Cc3ccc(OCCCCCCCC)cc3)ccc1-2. The van der Waals surface area contributed by atoms with Crippen molar-refractivity contribution in [1.29, 1.82) is 0 Å². The van der Waals surface area contributed by atoms with Gasteiger partial charge in [0.2, 0.25) is 0 Å². The number of ketones is 1. The summed E-state index contributed by atoms with van der Waals surface area (Å²) >= 11 is 0. The molecule has 0 aromatic heterocycles. The van der Waals surface area contributed by atoms with E-state index in [-0.39, 0.29) is 5.78 Å². The van der Waals surface area contributed by atoms with Crippen molar-refractivity contribution in [2.75, 3.05) is 6.61 Å². The lowest BCUT2D eigenvalue weighted by molar-refractivity contribution is 0.0979. The van der Waals surface area contributed by atoms with Crippen LogP contribution in [0, 0.1) is 0 Å². The summed E-state index contributed by atoms with van der Waals surface area (Å²) in [5.74, 6) is 1.21. The fourth-order valence-electron chi connectivity index (χ4n) is 7.12. The van der Waals surface area contributed by atoms with Gasteiger partial charge < -0.3 is 4.74 Å². The van der Waals surface area contributed by atoms with Crippen molar-refractivity contribution in [2.24, 2.45) is 4.99 Å². The van der Waals surface area contributed by atoms with Crippen LogP contribution in [-0.4, -0.2) is 18.6 Å². The molecule has 0 radical (unpaired) electrons. The lowest BCUT2D eigenvalue weighted by atomic mass is 9.98. The third-order valence-electron chi connectivity index (χ3n) is 10.2. The molecule has 0 unspecified atom stereocenters. The van der Waals surface area contributed by atoms with E-state index in [2.05, 4.69) is 56.3 Å². The molecule has 0 saturated heterocycles. The molecule has 0 spiro atoms. The number of rotatable bonds is 27. The number of carbonyl (C=O) groups is 1. The number of Topliss-reactive ketones (excluding diaryl/α,β-unsaturated/α-hetero) is 1. The van der Waals surface area contributed by atoms with Gasteiger partial charge in [-0.05, 0) is 89.5 Å². The highest BCUT2D eigenvalue weighted by Crippen LogP contribution is 2.39. The predicted octanol–water partition coefficient (Wildman–Crippen LogP) is 14.2. The van der Waals surface area contributed by atoms with Gasteiger partial charge >= 0.3 is 0 Å². The van der Waals surface area contributed by atoms with Crippen molar-refractivity contribution in [3.8, 4) is 16.9 Å². The summed E-state index contributed by atoms with van der Waals surface area (Å²) in [6, 6.07) is 21.0. The van der Waals surface area contributed by atoms with E-state index in [9.17, 15) is 4.79 Å². The van der Waals surface area contributed by atoms with E-state index >= 15 is 0 Å². The Morgan fingerprint density at radius 2 is 1.10 bits per heavy atom. The molecule has 0 saturated carbocycles. The first-order valence-corrected chi connectivity index (χ1v) is 20.2. The molecule has 3 heteroatoms. The molecule has 0 heterocycles. The standard InChI is InChI=1S/C46H65NO2/c1-3-5-7-9-11-12-13-14-15-16-17-18-19-20-22-24-46(48)39-27-31-44-40(34-39)35-41-36-42(28-32-45(41)44)47-37-38-25-29-43(30-26-38)49-33-23-21-10-8-6-4-2/h25-32,34,36-37H,3-24,33,35H2,1-2H3. The Labute approximate surface area is 299 Å². The zero-order chi connectivity index (χ0) is 34.4. The highest BCUT2D eigenvalue weighted by molar-refractivity contribution is 5.97. The second-order valence-corrected chi connectivity index (χ2v) is 14.5. The fraction of sp³-hybridized carbons (Fsp3) is 0.565. The van der Waals surface area contributed by atoms with Crippen LogP contribution in [-0.2, 0) is 6.42 Å². The minimum absolute atomic E-state index is 0.289. The largest absolute Gasteiger partial charge is 0.494 e. The number of benzene rings is 3. The normalized spacial score (nSPS) is 12.0. The van der Waals surface area contributed by atoms with Crippen LogP contribution in [0.1, 0.15) is 182 Å². The first-order chi connectivity index (χ1) is 24.2. The van der Waals surface area contributed by atoms with Crippen LogP contribution in [0.3, 0.4) is 0 Å². The molecular formula is C46H65NO2. The number of nitrogens with zero attached hydrogens (tertiary/aromatic N) is 1. The highest BCUT2D eigenvalue weighted by atomic mass is 16.5. The van der Waals surface area contributed by atoms with Gasteiger partial charge in [-0.3, -0.25) is 9.79 Å². The van der Waals surface area contributed by atoms with E-state index in [1.165, 1.54) is 144 Å². The summed E-state index contributed by atoms with van der Waals surface area (Å²) in [4.78, 5) is 17.8. The molecule has 1 aliphatic carbocycles. The summed E-state index contributed by atoms with van der Waals surface area (Å²) in [6.45, 7) is 5.32. The monoisotopic (exact) mass is 664 g/mol. The van der Waals surface area contributed by atoms with Crippen LogP contribution in [0.2, 0.25) is 0 Å². The predicted molar refractivity (Wildman–Crippen MR) is 211 cm³/mol. The van der Waals surface area contributed by atoms with E-state index in [4.69, 9.17) is 9.73 Å². The average molecular weight is 664 g/mol. The van der Waals surface area contributed by atoms with Crippen LogP contribution in [0.25, 0.3) is 11.1 Å². The zero-order valence-corrected chi connectivity index (χ0v) is 31.1. The fourth-order valence-corrected chi connectivity index (χ4v) is 7.12. The minimum atomic E-state index is 0.289. The van der Waals surface area contributed by atoms with Gasteiger partial charge in [0.15, 0.2) is 5.78 Å². The highest BCUT2D eigenvalue weighted by Gasteiger charge is 2.20. The van der Waals surface area contributed by atoms with Crippen LogP contribution in [0.4, 0.5) is 5.69 Å². The van der Waals surface area contributed by atoms with Crippen LogP contribution < -0.4 is 4.74 Å². The van der Waals surface area contributed by atoms with E-state index < -0.39 is 0 Å². The van der Waals surface area contributed by atoms with Gasteiger partial charge in [-0.15, -0.1) is 0 Å². The van der Waals surface area contributed by atoms with E-state index in [1.54, 1.807) is 0 Å². The quantitative estimate of drug-likeness (QED) is 0.0362. The van der Waals surface area contributed by atoms with Crippen molar-refractivity contribution in [3.05, 3.63) is 82.9 Å². The maximum atomic E-state index is 13.0. The van der Waals surface area contributed by atoms with Gasteiger partial charge in [0.05, 0.1) is 12.3 Å². The third-order valence-corrected chi connectivity index (χ3v) is 10.2. The maximum Gasteiger partial charge on any atom is 0.162 e. The lowest BCUT2D eigenvalue weighted by Gasteiger charge is -2.06. The van der Waals surface area contributed by atoms with Crippen molar-refractivity contribution in [3.63, 3.8) is 0 Å². The Bertz CT molecular complexity index is 1390. The molecule has 0 N–H and O–H groups in total. The van der Waals surface area contributed by atoms with Crippen molar-refractivity contribution in [2.45, 2.75) is 162 Å². The second kappa shape index (κ2) is 23.2. The molecule has 49 heavy (non-hydrogen) atoms. The first kappa shape index (κ1) is 38.6. The summed E-state index contributed by atoms with van der Waals surface area (Å²) in [6.07, 6.45) is 31.2. The number of hydrogen-bond acceptors (Lipinski definition) is 3. The zero-order valence-electron chi connectivity index (χ0n) is 31.1. The molecule has 3 aromatic rings. The summed E-state index contributed by atoms with van der Waals surface area (Å²) in [5.41, 5.74) is 7.96. The van der Waals surface area contributed by atoms with Crippen molar-refractivity contribution < 1.29 is 9.53 Å². The van der Waals surface area contributed by atoms with Gasteiger partial charge in [-0.2, -0.15) is 0 Å². The Hall–Kier alpha value is -3.20. The van der Waals surface area contributed by atoms with Gasteiger partial charge in [0.25, 0.3) is 0 Å². The lowest BCUT2D eigenvalue weighted by Crippen LogP contribution is -2.00. The van der Waals surface area contributed by atoms with Crippen molar-refractivity contribution in [1.82, 2.24) is 0 Å². The molecule has 1 aliphatic rings. The number of aliphatic imine (C=N–C) groups is 1. The maximum absolute atomic E-state index is 13.0. The number of hydrogen-bond donors (Lipinski definition) is 0. The molecule has 0 aliphatic heterocycles. The molecular weight excluding hydrogens is 599 g/mol. The molecule has 0 bridgehead atoms. The van der Waals surface area contributed by atoms with E-state index in [0.717, 1.165) is 48.4 Å². The number of ether oxygens (including phenoxy) is 1. The Balaban J connectivity index is 1.11. The minimum Gasteiger partial charge on any atom is -0.494 e. The second-order valence-electron chi connectivity index (χ2n) is 14.5. The Morgan fingerprint density at radius 3 is 1.69 bits per heavy atom. The average Bonchev–Trinajstić information content (AvgIpc) is 3.49. The van der Waals surface area contributed by atoms with Crippen LogP contribution >= 0.6 is 0 Å². The van der Waals surface area contributed by atoms with Gasteiger partial charge in [-0.25, -0.2) is 0 Å². The van der Waals surface area contributed by atoms with Crippen LogP contribution in [0.15, 0.2) is 65.7 Å².